The molecule has 0 bridgehead atoms. The van der Waals surface area contributed by atoms with Gasteiger partial charge in [-0.25, -0.2) is 0 Å². The second kappa shape index (κ2) is 13.5. The Hall–Kier alpha value is -1.50. The number of carbonyl (C=O) groups excluding carboxylic acids is 1. The molecule has 120 valence electrons. The van der Waals surface area contributed by atoms with Gasteiger partial charge < -0.3 is 10.4 Å². The minimum atomic E-state index is -0.478. The molecule has 4 nitrogen and oxygen atoms in total. The van der Waals surface area contributed by atoms with E-state index in [0.29, 0.717) is 6.54 Å². The molecule has 0 aliphatic rings. The average molecular weight is 294 g/mol. The Morgan fingerprint density at radius 3 is 1.90 bits per heavy atom. The molecule has 4 heteroatoms. The second-order valence-electron chi connectivity index (χ2n) is 5.51. The summed E-state index contributed by atoms with van der Waals surface area (Å²) < 4.78 is 0. The maximum Gasteiger partial charge on any atom is 0.265 e. The van der Waals surface area contributed by atoms with Crippen molar-refractivity contribution >= 4 is 5.91 Å². The molecule has 0 heterocycles. The summed E-state index contributed by atoms with van der Waals surface area (Å²) in [6.07, 6.45) is 12.5. The molecule has 0 spiro atoms. The Kier molecular flexibility index (Phi) is 12.5. The van der Waals surface area contributed by atoms with Crippen LogP contribution in [0.3, 0.4) is 0 Å². The fourth-order valence-electron chi connectivity index (χ4n) is 2.20. The first-order valence-corrected chi connectivity index (χ1v) is 8.21. The highest BCUT2D eigenvalue weighted by atomic mass is 16.3. The first-order valence-electron chi connectivity index (χ1n) is 8.21. The topological polar surface area (TPSA) is 73.1 Å². The predicted molar refractivity (Wildman–Crippen MR) is 85.8 cm³/mol. The van der Waals surface area contributed by atoms with E-state index in [1.54, 1.807) is 6.07 Å². The van der Waals surface area contributed by atoms with Gasteiger partial charge in [-0.05, 0) is 13.3 Å². The molecule has 0 rings (SSSR count). The lowest BCUT2D eigenvalue weighted by molar-refractivity contribution is -0.117. The predicted octanol–water partition coefficient (Wildman–Crippen LogP) is 4.38. The molecule has 0 aliphatic carbocycles. The van der Waals surface area contributed by atoms with Crippen LogP contribution in [0.4, 0.5) is 0 Å². The number of carbonyl (C=O) groups is 1. The highest BCUT2D eigenvalue weighted by Gasteiger charge is 2.11. The largest absolute Gasteiger partial charge is 0.511 e. The van der Waals surface area contributed by atoms with E-state index in [2.05, 4.69) is 12.2 Å². The molecule has 1 amide bonds. The van der Waals surface area contributed by atoms with Gasteiger partial charge in [-0.1, -0.05) is 64.7 Å². The van der Waals surface area contributed by atoms with Crippen molar-refractivity contribution in [1.82, 2.24) is 5.32 Å². The number of nitrogens with one attached hydrogen (secondary N) is 1. The van der Waals surface area contributed by atoms with Crippen LogP contribution in [0.25, 0.3) is 0 Å². The van der Waals surface area contributed by atoms with Crippen LogP contribution in [0.15, 0.2) is 11.3 Å². The van der Waals surface area contributed by atoms with E-state index in [-0.39, 0.29) is 11.3 Å². The van der Waals surface area contributed by atoms with Crippen LogP contribution in [0, 0.1) is 11.3 Å². The lowest BCUT2D eigenvalue weighted by Crippen LogP contribution is -2.26. The number of aliphatic hydroxyl groups is 1. The third kappa shape index (κ3) is 10.9. The number of allylic oxidation sites excluding steroid dienone is 1. The van der Waals surface area contributed by atoms with Gasteiger partial charge in [0.2, 0.25) is 0 Å². The standard InChI is InChI=1S/C17H30N2O2/c1-3-4-5-6-7-8-9-10-11-12-13-19-17(21)16(14-18)15(2)20/h20H,3-13H2,1-2H3,(H,19,21)/b16-15-. The summed E-state index contributed by atoms with van der Waals surface area (Å²) in [6, 6.07) is 1.71. The van der Waals surface area contributed by atoms with Crippen LogP contribution < -0.4 is 5.32 Å². The molecule has 0 aromatic heterocycles. The molecule has 0 saturated carbocycles. The van der Waals surface area contributed by atoms with Gasteiger partial charge in [0.1, 0.15) is 11.8 Å². The van der Waals surface area contributed by atoms with Gasteiger partial charge >= 0.3 is 0 Å². The van der Waals surface area contributed by atoms with E-state index >= 15 is 0 Å². The lowest BCUT2D eigenvalue weighted by atomic mass is 10.1. The highest BCUT2D eigenvalue weighted by Crippen LogP contribution is 2.10. The Balaban J connectivity index is 3.43. The molecule has 21 heavy (non-hydrogen) atoms. The number of amides is 1. The smallest absolute Gasteiger partial charge is 0.265 e. The monoisotopic (exact) mass is 294 g/mol. The Labute approximate surface area is 129 Å². The Morgan fingerprint density at radius 1 is 1.00 bits per heavy atom. The van der Waals surface area contributed by atoms with Crippen LogP contribution >= 0.6 is 0 Å². The normalized spacial score (nSPS) is 11.7. The zero-order valence-electron chi connectivity index (χ0n) is 13.6. The molecular weight excluding hydrogens is 264 g/mol. The number of hydrogen-bond acceptors (Lipinski definition) is 3. The fourth-order valence-corrected chi connectivity index (χ4v) is 2.20. The molecule has 0 aromatic rings. The number of nitrogens with zero attached hydrogens (tertiary/aromatic N) is 1. The summed E-state index contributed by atoms with van der Waals surface area (Å²) in [4.78, 5) is 11.5. The van der Waals surface area contributed by atoms with Gasteiger partial charge in [0.15, 0.2) is 5.57 Å². The second-order valence-corrected chi connectivity index (χ2v) is 5.51. The average Bonchev–Trinajstić information content (AvgIpc) is 2.45. The van der Waals surface area contributed by atoms with Crippen molar-refractivity contribution in [2.45, 2.75) is 78.1 Å². The number of nitriles is 1. The molecule has 0 atom stereocenters. The van der Waals surface area contributed by atoms with Crippen molar-refractivity contribution in [3.63, 3.8) is 0 Å². The molecule has 0 aliphatic heterocycles. The molecular formula is C17H30N2O2. The maximum atomic E-state index is 11.5. The third-order valence-corrected chi connectivity index (χ3v) is 3.52. The van der Waals surface area contributed by atoms with Crippen LogP contribution in [0.1, 0.15) is 78.1 Å². The minimum absolute atomic E-state index is 0.193. The van der Waals surface area contributed by atoms with Crippen molar-refractivity contribution in [3.05, 3.63) is 11.3 Å². The quantitative estimate of drug-likeness (QED) is 0.243. The molecule has 0 aromatic carbocycles. The Morgan fingerprint density at radius 2 is 1.48 bits per heavy atom. The first-order chi connectivity index (χ1) is 10.1. The van der Waals surface area contributed by atoms with E-state index < -0.39 is 5.91 Å². The summed E-state index contributed by atoms with van der Waals surface area (Å²) in [7, 11) is 0. The zero-order valence-corrected chi connectivity index (χ0v) is 13.6. The van der Waals surface area contributed by atoms with Crippen LogP contribution in [-0.2, 0) is 4.79 Å². The summed E-state index contributed by atoms with van der Waals surface area (Å²) in [5, 5.41) is 20.5. The van der Waals surface area contributed by atoms with Crippen molar-refractivity contribution in [2.75, 3.05) is 6.54 Å². The number of aliphatic hydroxyl groups excluding tert-OH is 1. The van der Waals surface area contributed by atoms with Gasteiger partial charge in [0.25, 0.3) is 5.91 Å². The number of rotatable bonds is 12. The van der Waals surface area contributed by atoms with Crippen molar-refractivity contribution in [3.8, 4) is 6.07 Å². The van der Waals surface area contributed by atoms with E-state index in [0.717, 1.165) is 12.8 Å². The minimum Gasteiger partial charge on any atom is -0.511 e. The van der Waals surface area contributed by atoms with E-state index in [1.807, 2.05) is 0 Å². The summed E-state index contributed by atoms with van der Waals surface area (Å²) in [5.41, 5.74) is -0.193. The van der Waals surface area contributed by atoms with E-state index in [1.165, 1.54) is 58.3 Å². The van der Waals surface area contributed by atoms with Gasteiger partial charge in [0, 0.05) is 6.54 Å². The fraction of sp³-hybridized carbons (Fsp3) is 0.765. The third-order valence-electron chi connectivity index (χ3n) is 3.52. The molecule has 0 radical (unpaired) electrons. The van der Waals surface area contributed by atoms with Crippen molar-refractivity contribution < 1.29 is 9.90 Å². The van der Waals surface area contributed by atoms with E-state index in [9.17, 15) is 4.79 Å². The summed E-state index contributed by atoms with van der Waals surface area (Å²) in [6.45, 7) is 4.14. The van der Waals surface area contributed by atoms with Gasteiger partial charge in [-0.15, -0.1) is 0 Å². The molecule has 0 unspecified atom stereocenters. The molecule has 0 fully saturated rings. The molecule has 0 saturated heterocycles. The van der Waals surface area contributed by atoms with Gasteiger partial charge in [-0.3, -0.25) is 4.79 Å². The SMILES string of the molecule is CCCCCCCCCCCCNC(=O)/C(C#N)=C(/C)O. The first kappa shape index (κ1) is 19.5. The lowest BCUT2D eigenvalue weighted by Gasteiger charge is -2.05. The number of hydrogen-bond donors (Lipinski definition) is 2. The van der Waals surface area contributed by atoms with Crippen molar-refractivity contribution in [2.24, 2.45) is 0 Å². The Bertz CT molecular complexity index is 352. The zero-order chi connectivity index (χ0) is 15.9. The molecule has 2 N–H and O–H groups in total. The van der Waals surface area contributed by atoms with Crippen molar-refractivity contribution in [1.29, 1.82) is 5.26 Å². The van der Waals surface area contributed by atoms with Crippen LogP contribution in [-0.4, -0.2) is 17.6 Å². The van der Waals surface area contributed by atoms with Crippen LogP contribution in [0.2, 0.25) is 0 Å². The number of unbranched alkanes of at least 4 members (excludes halogenated alkanes) is 9. The van der Waals surface area contributed by atoms with Crippen LogP contribution in [0.5, 0.6) is 0 Å². The summed E-state index contributed by atoms with van der Waals surface area (Å²) >= 11 is 0. The highest BCUT2D eigenvalue weighted by molar-refractivity contribution is 5.97. The van der Waals surface area contributed by atoms with E-state index in [4.69, 9.17) is 10.4 Å². The summed E-state index contributed by atoms with van der Waals surface area (Å²) in [5.74, 6) is -0.702. The maximum absolute atomic E-state index is 11.5. The van der Waals surface area contributed by atoms with Gasteiger partial charge in [0.05, 0.1) is 0 Å². The van der Waals surface area contributed by atoms with Gasteiger partial charge in [-0.2, -0.15) is 5.26 Å².